The molecule has 0 radical (unpaired) electrons. The molecule has 0 fully saturated rings. The lowest BCUT2D eigenvalue weighted by molar-refractivity contribution is 0.203. The highest BCUT2D eigenvalue weighted by Crippen LogP contribution is 2.30. The molecule has 4 heterocycles. The van der Waals surface area contributed by atoms with Crippen molar-refractivity contribution in [2.24, 2.45) is 0 Å². The summed E-state index contributed by atoms with van der Waals surface area (Å²) >= 11 is 1.61. The Labute approximate surface area is 220 Å². The number of carbonyl (C=O) groups excluding carboxylic acids is 1. The molecule has 0 saturated heterocycles. The minimum atomic E-state index is -0.0238. The predicted molar refractivity (Wildman–Crippen MR) is 150 cm³/mol. The molecule has 1 aliphatic heterocycles. The summed E-state index contributed by atoms with van der Waals surface area (Å²) in [5.41, 5.74) is 6.77. The summed E-state index contributed by atoms with van der Waals surface area (Å²) in [6.45, 7) is 8.68. The van der Waals surface area contributed by atoms with Crippen molar-refractivity contribution in [1.29, 1.82) is 0 Å². The largest absolute Gasteiger partial charge is 0.340 e. The maximum absolute atomic E-state index is 12.6. The summed E-state index contributed by atoms with van der Waals surface area (Å²) in [7, 11) is 0. The number of aromatic amines is 1. The molecule has 0 unspecified atom stereocenters. The van der Waals surface area contributed by atoms with E-state index in [0.717, 1.165) is 64.5 Å². The van der Waals surface area contributed by atoms with Gasteiger partial charge in [-0.25, -0.2) is 19.7 Å². The molecule has 11 heteroatoms. The second-order valence-electron chi connectivity index (χ2n) is 9.34. The van der Waals surface area contributed by atoms with Crippen molar-refractivity contribution >= 4 is 55.7 Å². The van der Waals surface area contributed by atoms with Gasteiger partial charge in [0.05, 0.1) is 21.1 Å². The number of H-pyrrole nitrogens is 1. The minimum Gasteiger partial charge on any atom is -0.340 e. The molecule has 5 N–H and O–H groups in total. The quantitative estimate of drug-likeness (QED) is 0.203. The molecular weight excluding hydrogens is 486 g/mol. The van der Waals surface area contributed by atoms with Gasteiger partial charge in [-0.2, -0.15) is 0 Å². The summed E-state index contributed by atoms with van der Waals surface area (Å²) in [5.74, 6) is 0.752. The molecule has 37 heavy (non-hydrogen) atoms. The molecule has 0 atom stereocenters. The van der Waals surface area contributed by atoms with E-state index in [9.17, 15) is 4.79 Å². The molecule has 0 saturated carbocycles. The van der Waals surface area contributed by atoms with Gasteiger partial charge in [0, 0.05) is 56.7 Å². The Bertz CT molecular complexity index is 1390. The maximum atomic E-state index is 12.6. The molecule has 194 valence electrons. The van der Waals surface area contributed by atoms with E-state index < -0.39 is 0 Å². The van der Waals surface area contributed by atoms with E-state index in [-0.39, 0.29) is 6.03 Å². The second kappa shape index (κ2) is 11.7. The Hall–Kier alpha value is -3.54. The molecular formula is C26H33N9OS. The monoisotopic (exact) mass is 519 g/mol. The van der Waals surface area contributed by atoms with E-state index in [0.29, 0.717) is 25.7 Å². The first-order valence-electron chi connectivity index (χ1n) is 12.7. The lowest BCUT2D eigenvalue weighted by atomic mass is 10.1. The summed E-state index contributed by atoms with van der Waals surface area (Å²) in [5, 5.41) is 14.1. The van der Waals surface area contributed by atoms with E-state index >= 15 is 0 Å². The molecule has 1 aliphatic rings. The fourth-order valence-electron chi connectivity index (χ4n) is 4.32. The van der Waals surface area contributed by atoms with Gasteiger partial charge in [-0.05, 0) is 36.3 Å². The fourth-order valence-corrected chi connectivity index (χ4v) is 5.04. The zero-order valence-electron chi connectivity index (χ0n) is 21.2. The van der Waals surface area contributed by atoms with E-state index in [1.54, 1.807) is 17.7 Å². The third-order valence-corrected chi connectivity index (χ3v) is 7.09. The van der Waals surface area contributed by atoms with Crippen LogP contribution < -0.4 is 21.3 Å². The number of carbonyl (C=O) groups is 1. The van der Waals surface area contributed by atoms with E-state index in [2.05, 4.69) is 73.3 Å². The molecule has 0 bridgehead atoms. The number of hydrogen-bond donors (Lipinski definition) is 5. The number of aromatic nitrogens is 4. The van der Waals surface area contributed by atoms with Crippen LogP contribution in [0.15, 0.2) is 42.2 Å². The van der Waals surface area contributed by atoms with Gasteiger partial charge >= 0.3 is 6.03 Å². The average molecular weight is 520 g/mol. The van der Waals surface area contributed by atoms with Gasteiger partial charge in [0.1, 0.15) is 17.8 Å². The Kier molecular flexibility index (Phi) is 7.93. The Balaban J connectivity index is 1.17. The van der Waals surface area contributed by atoms with E-state index in [4.69, 9.17) is 0 Å². The number of thiazole rings is 1. The smallest absolute Gasteiger partial charge is 0.317 e. The number of nitrogens with one attached hydrogen (secondary N) is 5. The predicted octanol–water partition coefficient (Wildman–Crippen LogP) is 3.70. The van der Waals surface area contributed by atoms with Gasteiger partial charge in [-0.1, -0.05) is 19.9 Å². The molecule has 3 aromatic heterocycles. The van der Waals surface area contributed by atoms with Crippen molar-refractivity contribution in [3.05, 3.63) is 47.9 Å². The van der Waals surface area contributed by atoms with Crippen molar-refractivity contribution in [3.8, 4) is 0 Å². The number of rotatable bonds is 10. The average Bonchev–Trinajstić information content (AvgIpc) is 3.55. The van der Waals surface area contributed by atoms with Crippen LogP contribution in [0.5, 0.6) is 0 Å². The standard InChI is InChI=1S/C26H33N9OS/c1-17(2)28-9-7-27-8-10-29-26(36)35-11-5-18(6-12-35)22-14-20-24(30-15-31-25(20)34-22)33-19-3-4-21-23(13-19)37-16-32-21/h3-5,13-17,27-28H,6-12H2,1-2H3,(H,29,36)(H2,30,31,33,34). The van der Waals surface area contributed by atoms with Crippen molar-refractivity contribution in [1.82, 2.24) is 40.8 Å². The molecule has 4 aromatic rings. The van der Waals surface area contributed by atoms with Crippen LogP contribution in [-0.2, 0) is 0 Å². The molecule has 2 amide bonds. The van der Waals surface area contributed by atoms with E-state index in [1.165, 1.54) is 5.57 Å². The van der Waals surface area contributed by atoms with Crippen LogP contribution in [0.25, 0.3) is 26.8 Å². The number of anilines is 2. The maximum Gasteiger partial charge on any atom is 0.317 e. The molecule has 5 rings (SSSR count). The highest BCUT2D eigenvalue weighted by molar-refractivity contribution is 7.16. The van der Waals surface area contributed by atoms with Crippen LogP contribution in [0.1, 0.15) is 26.0 Å². The minimum absolute atomic E-state index is 0.0238. The first-order chi connectivity index (χ1) is 18.1. The number of amides is 2. The lowest BCUT2D eigenvalue weighted by Gasteiger charge is -2.26. The zero-order valence-corrected chi connectivity index (χ0v) is 22.0. The fraction of sp³-hybridized carbons (Fsp3) is 0.385. The molecule has 0 aliphatic carbocycles. The van der Waals surface area contributed by atoms with Crippen molar-refractivity contribution in [3.63, 3.8) is 0 Å². The van der Waals surface area contributed by atoms with Crippen LogP contribution >= 0.6 is 11.3 Å². The van der Waals surface area contributed by atoms with Crippen molar-refractivity contribution in [2.75, 3.05) is 44.6 Å². The van der Waals surface area contributed by atoms with Crippen LogP contribution in [-0.4, -0.2) is 76.2 Å². The van der Waals surface area contributed by atoms with Crippen molar-refractivity contribution in [2.45, 2.75) is 26.3 Å². The number of benzene rings is 1. The number of nitrogens with zero attached hydrogens (tertiary/aromatic N) is 4. The van der Waals surface area contributed by atoms with Gasteiger partial charge in [0.15, 0.2) is 0 Å². The van der Waals surface area contributed by atoms with Gasteiger partial charge in [-0.15, -0.1) is 11.3 Å². The van der Waals surface area contributed by atoms with Gasteiger partial charge in [-0.3, -0.25) is 0 Å². The Morgan fingerprint density at radius 1 is 1.14 bits per heavy atom. The molecule has 1 aromatic carbocycles. The topological polar surface area (TPSA) is 123 Å². The number of urea groups is 1. The molecule has 10 nitrogen and oxygen atoms in total. The first kappa shape index (κ1) is 25.1. The SMILES string of the molecule is CC(C)NCCNCCNC(=O)N1CC=C(c2cc3c(Nc4ccc5ncsc5c4)ncnc3[nH]2)CC1. The zero-order chi connectivity index (χ0) is 25.6. The van der Waals surface area contributed by atoms with Crippen molar-refractivity contribution < 1.29 is 4.79 Å². The van der Waals surface area contributed by atoms with Crippen LogP contribution in [0, 0.1) is 0 Å². The van der Waals surface area contributed by atoms with Crippen LogP contribution in [0.2, 0.25) is 0 Å². The highest BCUT2D eigenvalue weighted by atomic mass is 32.1. The van der Waals surface area contributed by atoms with Crippen LogP contribution in [0.4, 0.5) is 16.3 Å². The third kappa shape index (κ3) is 6.24. The summed E-state index contributed by atoms with van der Waals surface area (Å²) in [4.78, 5) is 31.1. The third-order valence-electron chi connectivity index (χ3n) is 6.29. The Morgan fingerprint density at radius 2 is 2.03 bits per heavy atom. The van der Waals surface area contributed by atoms with E-state index in [1.807, 2.05) is 22.5 Å². The first-order valence-corrected chi connectivity index (χ1v) is 13.5. The van der Waals surface area contributed by atoms with Gasteiger partial charge in [0.25, 0.3) is 0 Å². The lowest BCUT2D eigenvalue weighted by Crippen LogP contribution is -2.44. The highest BCUT2D eigenvalue weighted by Gasteiger charge is 2.19. The molecule has 0 spiro atoms. The normalized spacial score (nSPS) is 13.9. The summed E-state index contributed by atoms with van der Waals surface area (Å²) in [6.07, 6.45) is 4.45. The van der Waals surface area contributed by atoms with Crippen LogP contribution in [0.3, 0.4) is 0 Å². The summed E-state index contributed by atoms with van der Waals surface area (Å²) in [6, 6.07) is 8.64. The summed E-state index contributed by atoms with van der Waals surface area (Å²) < 4.78 is 1.13. The number of fused-ring (bicyclic) bond motifs is 2. The number of hydrogen-bond acceptors (Lipinski definition) is 8. The van der Waals surface area contributed by atoms with Gasteiger partial charge < -0.3 is 31.2 Å². The van der Waals surface area contributed by atoms with Gasteiger partial charge in [0.2, 0.25) is 0 Å². The second-order valence-corrected chi connectivity index (χ2v) is 10.2. The Morgan fingerprint density at radius 3 is 2.86 bits per heavy atom.